The molecule has 0 radical (unpaired) electrons. The van der Waals surface area contributed by atoms with Gasteiger partial charge in [-0.05, 0) is 39.0 Å². The SMILES string of the molecule is Cc1cc2ncc3c(n2n1)C[C@H]1CC[C@@H]3N1C(=O)C[C@@H]1CCCCO1. The maximum atomic E-state index is 13.0. The number of hydrogen-bond acceptors (Lipinski definition) is 4. The van der Waals surface area contributed by atoms with Gasteiger partial charge in [-0.2, -0.15) is 5.10 Å². The lowest BCUT2D eigenvalue weighted by atomic mass is 9.97. The number of aryl methyl sites for hydroxylation is 1. The van der Waals surface area contributed by atoms with Gasteiger partial charge in [-0.15, -0.1) is 0 Å². The van der Waals surface area contributed by atoms with Gasteiger partial charge in [0, 0.05) is 36.9 Å². The normalized spacial score (nSPS) is 28.4. The van der Waals surface area contributed by atoms with E-state index in [9.17, 15) is 4.79 Å². The van der Waals surface area contributed by atoms with Crippen molar-refractivity contribution in [3.8, 4) is 0 Å². The van der Waals surface area contributed by atoms with Crippen LogP contribution in [0.1, 0.15) is 61.5 Å². The predicted octanol–water partition coefficient (Wildman–Crippen LogP) is 2.59. The topological polar surface area (TPSA) is 59.7 Å². The molecule has 132 valence electrons. The fourth-order valence-electron chi connectivity index (χ4n) is 4.85. The number of aromatic nitrogens is 3. The fourth-order valence-corrected chi connectivity index (χ4v) is 4.85. The molecule has 2 aromatic heterocycles. The third-order valence-corrected chi connectivity index (χ3v) is 5.99. The van der Waals surface area contributed by atoms with Gasteiger partial charge in [0.15, 0.2) is 5.65 Å². The molecule has 3 aliphatic rings. The van der Waals surface area contributed by atoms with Crippen LogP contribution in [0.4, 0.5) is 0 Å². The first-order valence-corrected chi connectivity index (χ1v) is 9.47. The van der Waals surface area contributed by atoms with Crippen LogP contribution in [0, 0.1) is 6.92 Å². The molecule has 3 atom stereocenters. The van der Waals surface area contributed by atoms with Crippen molar-refractivity contribution < 1.29 is 9.53 Å². The van der Waals surface area contributed by atoms with Crippen molar-refractivity contribution in [1.29, 1.82) is 0 Å². The lowest BCUT2D eigenvalue weighted by molar-refractivity contribution is -0.138. The van der Waals surface area contributed by atoms with Crippen LogP contribution < -0.4 is 0 Å². The number of hydrogen-bond donors (Lipinski definition) is 0. The van der Waals surface area contributed by atoms with Crippen molar-refractivity contribution in [2.24, 2.45) is 0 Å². The summed E-state index contributed by atoms with van der Waals surface area (Å²) in [7, 11) is 0. The van der Waals surface area contributed by atoms with E-state index in [1.807, 2.05) is 23.7 Å². The molecular weight excluding hydrogens is 316 g/mol. The Morgan fingerprint density at radius 1 is 1.32 bits per heavy atom. The zero-order chi connectivity index (χ0) is 17.0. The molecule has 0 aromatic carbocycles. The summed E-state index contributed by atoms with van der Waals surface area (Å²) in [6.07, 6.45) is 8.89. The number of ether oxygens (including phenoxy) is 1. The Morgan fingerprint density at radius 3 is 3.08 bits per heavy atom. The summed E-state index contributed by atoms with van der Waals surface area (Å²) in [6.45, 7) is 2.80. The molecule has 1 amide bonds. The van der Waals surface area contributed by atoms with E-state index < -0.39 is 0 Å². The molecule has 5 rings (SSSR count). The minimum atomic E-state index is 0.108. The molecule has 0 N–H and O–H groups in total. The van der Waals surface area contributed by atoms with Crippen LogP contribution in [0.5, 0.6) is 0 Å². The van der Waals surface area contributed by atoms with E-state index in [1.165, 1.54) is 17.7 Å². The zero-order valence-corrected chi connectivity index (χ0v) is 14.6. The Bertz CT molecular complexity index is 824. The van der Waals surface area contributed by atoms with E-state index in [2.05, 4.69) is 15.0 Å². The van der Waals surface area contributed by atoms with Crippen LogP contribution >= 0.6 is 0 Å². The summed E-state index contributed by atoms with van der Waals surface area (Å²) in [6, 6.07) is 2.47. The van der Waals surface area contributed by atoms with Gasteiger partial charge in [-0.3, -0.25) is 4.79 Å². The first-order valence-electron chi connectivity index (χ1n) is 9.47. The van der Waals surface area contributed by atoms with Crippen LogP contribution in [0.25, 0.3) is 5.65 Å². The van der Waals surface area contributed by atoms with Gasteiger partial charge in [0.1, 0.15) is 0 Å². The van der Waals surface area contributed by atoms with Gasteiger partial charge < -0.3 is 9.64 Å². The lowest BCUT2D eigenvalue weighted by Crippen LogP contribution is -2.44. The lowest BCUT2D eigenvalue weighted by Gasteiger charge is -2.37. The standard InChI is InChI=1S/C19H24N4O2/c1-12-8-18-20-11-15-16-6-5-13(9-17(15)23(18)21-12)22(16)19(24)10-14-4-2-3-7-25-14/h8,11,13-14,16H,2-7,9-10H2,1H3/t13-,14+,16+/m1/s1. The van der Waals surface area contributed by atoms with Crippen molar-refractivity contribution in [2.75, 3.05) is 6.61 Å². The van der Waals surface area contributed by atoms with Gasteiger partial charge in [0.2, 0.25) is 5.91 Å². The highest BCUT2D eigenvalue weighted by Crippen LogP contribution is 2.44. The minimum Gasteiger partial charge on any atom is -0.378 e. The van der Waals surface area contributed by atoms with Crippen LogP contribution in [0.2, 0.25) is 0 Å². The second-order valence-corrected chi connectivity index (χ2v) is 7.66. The van der Waals surface area contributed by atoms with Crippen molar-refractivity contribution in [1.82, 2.24) is 19.5 Å². The fraction of sp³-hybridized carbons (Fsp3) is 0.632. The van der Waals surface area contributed by atoms with Crippen LogP contribution in [-0.4, -0.2) is 44.2 Å². The molecule has 6 nitrogen and oxygen atoms in total. The molecule has 2 saturated heterocycles. The molecule has 25 heavy (non-hydrogen) atoms. The molecule has 2 fully saturated rings. The Labute approximate surface area is 147 Å². The average molecular weight is 340 g/mol. The molecule has 0 saturated carbocycles. The first kappa shape index (κ1) is 15.3. The minimum absolute atomic E-state index is 0.108. The van der Waals surface area contributed by atoms with Crippen molar-refractivity contribution in [2.45, 2.75) is 70.1 Å². The van der Waals surface area contributed by atoms with E-state index in [4.69, 9.17) is 4.74 Å². The summed E-state index contributed by atoms with van der Waals surface area (Å²) in [5.41, 5.74) is 4.32. The molecular formula is C19H24N4O2. The average Bonchev–Trinajstić information content (AvgIpc) is 3.15. The van der Waals surface area contributed by atoms with Gasteiger partial charge in [-0.1, -0.05) is 0 Å². The van der Waals surface area contributed by atoms with Crippen LogP contribution in [-0.2, 0) is 16.0 Å². The number of carbonyl (C=O) groups is 1. The van der Waals surface area contributed by atoms with E-state index in [1.54, 1.807) is 0 Å². The maximum Gasteiger partial charge on any atom is 0.225 e. The van der Waals surface area contributed by atoms with Gasteiger partial charge in [-0.25, -0.2) is 9.50 Å². The molecule has 0 spiro atoms. The van der Waals surface area contributed by atoms with Gasteiger partial charge in [0.25, 0.3) is 0 Å². The van der Waals surface area contributed by atoms with Crippen LogP contribution in [0.3, 0.4) is 0 Å². The highest BCUT2D eigenvalue weighted by molar-refractivity contribution is 5.78. The summed E-state index contributed by atoms with van der Waals surface area (Å²) >= 11 is 0. The van der Waals surface area contributed by atoms with E-state index in [0.29, 0.717) is 12.5 Å². The molecule has 5 heterocycles. The molecule has 3 aliphatic heterocycles. The maximum absolute atomic E-state index is 13.0. The highest BCUT2D eigenvalue weighted by atomic mass is 16.5. The number of fused-ring (bicyclic) bond motifs is 6. The number of carbonyl (C=O) groups excluding carboxylic acids is 1. The smallest absolute Gasteiger partial charge is 0.225 e. The Kier molecular flexibility index (Phi) is 3.55. The quantitative estimate of drug-likeness (QED) is 0.843. The summed E-state index contributed by atoms with van der Waals surface area (Å²) < 4.78 is 7.77. The molecule has 0 unspecified atom stereocenters. The van der Waals surface area contributed by atoms with E-state index in [0.717, 1.165) is 50.1 Å². The third-order valence-electron chi connectivity index (χ3n) is 5.99. The molecule has 0 aliphatic carbocycles. The van der Waals surface area contributed by atoms with Crippen LogP contribution in [0.15, 0.2) is 12.3 Å². The predicted molar refractivity (Wildman–Crippen MR) is 92.2 cm³/mol. The Morgan fingerprint density at radius 2 is 2.24 bits per heavy atom. The second kappa shape index (κ2) is 5.80. The third kappa shape index (κ3) is 2.46. The highest BCUT2D eigenvalue weighted by Gasteiger charge is 2.44. The summed E-state index contributed by atoms with van der Waals surface area (Å²) in [5.74, 6) is 0.252. The van der Waals surface area contributed by atoms with Gasteiger partial charge >= 0.3 is 0 Å². The zero-order valence-electron chi connectivity index (χ0n) is 14.6. The number of nitrogens with zero attached hydrogens (tertiary/aromatic N) is 4. The Hall–Kier alpha value is -1.95. The molecule has 2 aromatic rings. The summed E-state index contributed by atoms with van der Waals surface area (Å²) in [4.78, 5) is 19.7. The van der Waals surface area contributed by atoms with Crippen molar-refractivity contribution >= 4 is 11.6 Å². The van der Waals surface area contributed by atoms with E-state index in [-0.39, 0.29) is 18.1 Å². The number of amides is 1. The summed E-state index contributed by atoms with van der Waals surface area (Å²) in [5, 5.41) is 4.62. The monoisotopic (exact) mass is 340 g/mol. The van der Waals surface area contributed by atoms with Crippen molar-refractivity contribution in [3.63, 3.8) is 0 Å². The second-order valence-electron chi connectivity index (χ2n) is 7.66. The molecule has 2 bridgehead atoms. The largest absolute Gasteiger partial charge is 0.378 e. The Balaban J connectivity index is 1.44. The first-order chi connectivity index (χ1) is 12.2. The molecule has 6 heteroatoms. The van der Waals surface area contributed by atoms with Gasteiger partial charge in [0.05, 0.1) is 30.0 Å². The van der Waals surface area contributed by atoms with Crippen molar-refractivity contribution in [3.05, 3.63) is 29.2 Å². The van der Waals surface area contributed by atoms with E-state index >= 15 is 0 Å². The number of rotatable bonds is 2.